The second kappa shape index (κ2) is 6.42. The van der Waals surface area contributed by atoms with Crippen LogP contribution in [0.25, 0.3) is 17.1 Å². The standard InChI is InChI=1S/C18H21N5O2/c1-4-25-9-14-16-8-22-17(10-24-3)20-21-18(22)13-7-12(2)5-6-15(13)23(16)11-19-14/h5-7,11H,4,8-10H2,1-3H3. The van der Waals surface area contributed by atoms with E-state index in [-0.39, 0.29) is 0 Å². The topological polar surface area (TPSA) is 67.0 Å². The minimum Gasteiger partial charge on any atom is -0.377 e. The fourth-order valence-electron chi connectivity index (χ4n) is 3.23. The number of benzene rings is 1. The van der Waals surface area contributed by atoms with Crippen molar-refractivity contribution in [1.29, 1.82) is 0 Å². The van der Waals surface area contributed by atoms with E-state index in [4.69, 9.17) is 9.47 Å². The SMILES string of the molecule is CCOCc1ncn2c1Cn1c(COC)nnc1-c1cc(C)ccc1-2. The summed E-state index contributed by atoms with van der Waals surface area (Å²) in [5, 5.41) is 8.77. The number of aromatic nitrogens is 5. The molecular formula is C18H21N5O2. The van der Waals surface area contributed by atoms with Gasteiger partial charge in [-0.1, -0.05) is 11.6 Å². The number of fused-ring (bicyclic) bond motifs is 5. The molecule has 25 heavy (non-hydrogen) atoms. The van der Waals surface area contributed by atoms with Crippen LogP contribution in [0.4, 0.5) is 0 Å². The number of imidazole rings is 1. The van der Waals surface area contributed by atoms with E-state index in [0.717, 1.165) is 34.3 Å². The van der Waals surface area contributed by atoms with Crippen molar-refractivity contribution in [3.05, 3.63) is 47.3 Å². The zero-order chi connectivity index (χ0) is 17.4. The number of rotatable bonds is 5. The highest BCUT2D eigenvalue weighted by atomic mass is 16.5. The number of methoxy groups -OCH3 is 1. The molecular weight excluding hydrogens is 318 g/mol. The Balaban J connectivity index is 1.93. The normalized spacial score (nSPS) is 12.4. The number of nitrogens with zero attached hydrogens (tertiary/aromatic N) is 5. The number of ether oxygens (including phenoxy) is 2. The Morgan fingerprint density at radius 1 is 1.20 bits per heavy atom. The molecule has 0 amide bonds. The van der Waals surface area contributed by atoms with Crippen molar-refractivity contribution < 1.29 is 9.47 Å². The second-order valence-electron chi connectivity index (χ2n) is 6.12. The van der Waals surface area contributed by atoms with Gasteiger partial charge < -0.3 is 18.6 Å². The summed E-state index contributed by atoms with van der Waals surface area (Å²) in [5.74, 6) is 1.67. The van der Waals surface area contributed by atoms with Crippen LogP contribution in [0.1, 0.15) is 29.7 Å². The first-order valence-electron chi connectivity index (χ1n) is 8.38. The summed E-state index contributed by atoms with van der Waals surface area (Å²) in [6.45, 7) is 6.28. The molecule has 0 radical (unpaired) electrons. The smallest absolute Gasteiger partial charge is 0.166 e. The first-order valence-corrected chi connectivity index (χ1v) is 8.38. The highest BCUT2D eigenvalue weighted by Crippen LogP contribution is 2.33. The van der Waals surface area contributed by atoms with Gasteiger partial charge in [-0.2, -0.15) is 0 Å². The molecule has 1 aromatic carbocycles. The average Bonchev–Trinajstić information content (AvgIpc) is 3.15. The van der Waals surface area contributed by atoms with Crippen LogP contribution < -0.4 is 0 Å². The van der Waals surface area contributed by atoms with Crippen LogP contribution in [0.2, 0.25) is 0 Å². The molecule has 0 aliphatic carbocycles. The van der Waals surface area contributed by atoms with E-state index in [1.807, 2.05) is 13.3 Å². The lowest BCUT2D eigenvalue weighted by Crippen LogP contribution is -2.10. The first-order chi connectivity index (χ1) is 12.2. The van der Waals surface area contributed by atoms with Crippen LogP contribution in [0.3, 0.4) is 0 Å². The fourth-order valence-corrected chi connectivity index (χ4v) is 3.23. The van der Waals surface area contributed by atoms with Gasteiger partial charge in [0.25, 0.3) is 0 Å². The van der Waals surface area contributed by atoms with E-state index >= 15 is 0 Å². The zero-order valence-electron chi connectivity index (χ0n) is 14.7. The summed E-state index contributed by atoms with van der Waals surface area (Å²) >= 11 is 0. The minimum absolute atomic E-state index is 0.420. The molecule has 2 aromatic heterocycles. The van der Waals surface area contributed by atoms with Gasteiger partial charge >= 0.3 is 0 Å². The second-order valence-corrected chi connectivity index (χ2v) is 6.12. The van der Waals surface area contributed by atoms with E-state index in [1.165, 1.54) is 5.56 Å². The van der Waals surface area contributed by atoms with Crippen molar-refractivity contribution in [3.8, 4) is 17.1 Å². The molecule has 1 aliphatic rings. The van der Waals surface area contributed by atoms with Gasteiger partial charge in [0.05, 0.1) is 36.6 Å². The maximum absolute atomic E-state index is 5.60. The molecule has 0 unspecified atom stereocenters. The summed E-state index contributed by atoms with van der Waals surface area (Å²) in [5.41, 5.74) is 5.33. The van der Waals surface area contributed by atoms with Crippen LogP contribution in [0.15, 0.2) is 24.5 Å². The Bertz CT molecular complexity index is 912. The summed E-state index contributed by atoms with van der Waals surface area (Å²) in [4.78, 5) is 4.58. The van der Waals surface area contributed by atoms with E-state index < -0.39 is 0 Å². The van der Waals surface area contributed by atoms with E-state index in [0.29, 0.717) is 26.4 Å². The van der Waals surface area contributed by atoms with Crippen molar-refractivity contribution >= 4 is 0 Å². The summed E-state index contributed by atoms with van der Waals surface area (Å²) in [6.07, 6.45) is 1.87. The molecule has 0 fully saturated rings. The van der Waals surface area contributed by atoms with E-state index in [9.17, 15) is 0 Å². The number of aryl methyl sites for hydroxylation is 1. The summed E-state index contributed by atoms with van der Waals surface area (Å²) in [6, 6.07) is 6.36. The number of hydrogen-bond donors (Lipinski definition) is 0. The minimum atomic E-state index is 0.420. The fraction of sp³-hybridized carbons (Fsp3) is 0.389. The van der Waals surface area contributed by atoms with Gasteiger partial charge in [-0.25, -0.2) is 4.98 Å². The molecule has 0 bridgehead atoms. The third-order valence-electron chi connectivity index (χ3n) is 4.46. The molecule has 0 saturated heterocycles. The largest absolute Gasteiger partial charge is 0.377 e. The van der Waals surface area contributed by atoms with Gasteiger partial charge in [-0.15, -0.1) is 10.2 Å². The summed E-state index contributed by atoms with van der Waals surface area (Å²) < 4.78 is 15.1. The van der Waals surface area contributed by atoms with Crippen LogP contribution in [-0.2, 0) is 29.2 Å². The van der Waals surface area contributed by atoms with Crippen LogP contribution in [-0.4, -0.2) is 38.0 Å². The molecule has 4 rings (SSSR count). The van der Waals surface area contributed by atoms with Gasteiger partial charge in [0.15, 0.2) is 11.6 Å². The lowest BCUT2D eigenvalue weighted by atomic mass is 10.1. The van der Waals surface area contributed by atoms with Crippen molar-refractivity contribution in [2.75, 3.05) is 13.7 Å². The molecule has 0 atom stereocenters. The Labute approximate surface area is 146 Å². The highest BCUT2D eigenvalue weighted by Gasteiger charge is 2.25. The van der Waals surface area contributed by atoms with Crippen LogP contribution >= 0.6 is 0 Å². The van der Waals surface area contributed by atoms with Gasteiger partial charge in [-0.3, -0.25) is 0 Å². The molecule has 3 aromatic rings. The maximum atomic E-state index is 5.60. The first kappa shape index (κ1) is 16.0. The third kappa shape index (κ3) is 2.65. The molecule has 7 heteroatoms. The van der Waals surface area contributed by atoms with E-state index in [1.54, 1.807) is 7.11 Å². The molecule has 130 valence electrons. The molecule has 1 aliphatic heterocycles. The van der Waals surface area contributed by atoms with Gasteiger partial charge in [0, 0.05) is 19.3 Å². The predicted molar refractivity (Wildman–Crippen MR) is 92.5 cm³/mol. The maximum Gasteiger partial charge on any atom is 0.166 e. The Kier molecular flexibility index (Phi) is 4.10. The average molecular weight is 339 g/mol. The molecule has 0 N–H and O–H groups in total. The van der Waals surface area contributed by atoms with Crippen LogP contribution in [0.5, 0.6) is 0 Å². The molecule has 0 spiro atoms. The Morgan fingerprint density at radius 3 is 2.88 bits per heavy atom. The number of hydrogen-bond acceptors (Lipinski definition) is 5. The van der Waals surface area contributed by atoms with Crippen molar-refractivity contribution in [3.63, 3.8) is 0 Å². The Hall–Kier alpha value is -2.51. The quantitative estimate of drug-likeness (QED) is 0.559. The molecule has 7 nitrogen and oxygen atoms in total. The van der Waals surface area contributed by atoms with E-state index in [2.05, 4.69) is 49.4 Å². The predicted octanol–water partition coefficient (Wildman–Crippen LogP) is 2.48. The summed E-state index contributed by atoms with van der Waals surface area (Å²) in [7, 11) is 1.67. The highest BCUT2D eigenvalue weighted by molar-refractivity contribution is 5.70. The zero-order valence-corrected chi connectivity index (χ0v) is 14.7. The van der Waals surface area contributed by atoms with Crippen molar-refractivity contribution in [2.24, 2.45) is 0 Å². The van der Waals surface area contributed by atoms with Gasteiger partial charge in [0.2, 0.25) is 0 Å². The third-order valence-corrected chi connectivity index (χ3v) is 4.46. The van der Waals surface area contributed by atoms with Crippen LogP contribution in [0, 0.1) is 6.92 Å². The van der Waals surface area contributed by atoms with Crippen molar-refractivity contribution in [2.45, 2.75) is 33.6 Å². The lowest BCUT2D eigenvalue weighted by Gasteiger charge is -2.10. The van der Waals surface area contributed by atoms with Crippen molar-refractivity contribution in [1.82, 2.24) is 24.3 Å². The molecule has 0 saturated carbocycles. The monoisotopic (exact) mass is 339 g/mol. The molecule has 3 heterocycles. The van der Waals surface area contributed by atoms with Gasteiger partial charge in [-0.05, 0) is 26.0 Å². The lowest BCUT2D eigenvalue weighted by molar-refractivity contribution is 0.130. The Morgan fingerprint density at radius 2 is 2.08 bits per heavy atom. The van der Waals surface area contributed by atoms with Gasteiger partial charge in [0.1, 0.15) is 6.61 Å².